The molecule has 0 aromatic heterocycles. The molecule has 0 saturated heterocycles. The maximum atomic E-state index is 13.7. The van der Waals surface area contributed by atoms with Gasteiger partial charge in [0.05, 0.1) is 5.56 Å². The Bertz CT molecular complexity index is 803. The van der Waals surface area contributed by atoms with Gasteiger partial charge in [-0.3, -0.25) is 9.59 Å². The summed E-state index contributed by atoms with van der Waals surface area (Å²) in [5.41, 5.74) is 6.63. The van der Waals surface area contributed by atoms with Gasteiger partial charge in [0.15, 0.2) is 0 Å². The van der Waals surface area contributed by atoms with Crippen molar-refractivity contribution >= 4 is 17.5 Å². The molecule has 5 nitrogen and oxygen atoms in total. The third-order valence-electron chi connectivity index (χ3n) is 3.83. The number of hydrogen-bond donors (Lipinski definition) is 3. The molecule has 0 radical (unpaired) electrons. The van der Waals surface area contributed by atoms with Crippen LogP contribution in [0.3, 0.4) is 0 Å². The Labute approximate surface area is 146 Å². The highest BCUT2D eigenvalue weighted by molar-refractivity contribution is 6.05. The summed E-state index contributed by atoms with van der Waals surface area (Å²) in [6.45, 7) is 5.73. The number of carbonyl (C=O) groups is 2. The first-order chi connectivity index (χ1) is 11.7. The molecule has 0 atom stereocenters. The number of aryl methyl sites for hydroxylation is 1. The molecule has 132 valence electrons. The van der Waals surface area contributed by atoms with Gasteiger partial charge >= 0.3 is 0 Å². The second-order valence-electron chi connectivity index (χ2n) is 6.51. The Morgan fingerprint density at radius 2 is 1.80 bits per heavy atom. The first-order valence-electron chi connectivity index (χ1n) is 7.92. The molecule has 0 aliphatic rings. The van der Waals surface area contributed by atoms with E-state index in [1.54, 1.807) is 31.2 Å². The fourth-order valence-corrected chi connectivity index (χ4v) is 2.16. The molecule has 2 aromatic rings. The van der Waals surface area contributed by atoms with E-state index in [0.29, 0.717) is 17.8 Å². The molecule has 2 rings (SSSR count). The van der Waals surface area contributed by atoms with Crippen LogP contribution in [0.1, 0.15) is 40.1 Å². The molecule has 0 heterocycles. The first-order valence-corrected chi connectivity index (χ1v) is 7.92. The van der Waals surface area contributed by atoms with E-state index in [4.69, 9.17) is 5.73 Å². The van der Waals surface area contributed by atoms with E-state index in [0.717, 1.165) is 5.56 Å². The van der Waals surface area contributed by atoms with E-state index in [1.807, 2.05) is 13.8 Å². The van der Waals surface area contributed by atoms with Crippen LogP contribution in [0.25, 0.3) is 0 Å². The molecule has 6 heteroatoms. The third kappa shape index (κ3) is 4.64. The van der Waals surface area contributed by atoms with E-state index in [1.165, 1.54) is 18.2 Å². The van der Waals surface area contributed by atoms with Crippen molar-refractivity contribution in [2.75, 3.05) is 11.9 Å². The molecule has 0 saturated carbocycles. The summed E-state index contributed by atoms with van der Waals surface area (Å²) in [4.78, 5) is 24.6. The van der Waals surface area contributed by atoms with Crippen molar-refractivity contribution in [3.05, 3.63) is 65.0 Å². The highest BCUT2D eigenvalue weighted by atomic mass is 19.1. The summed E-state index contributed by atoms with van der Waals surface area (Å²) in [7, 11) is 0. The van der Waals surface area contributed by atoms with Gasteiger partial charge in [0.1, 0.15) is 5.82 Å². The molecule has 25 heavy (non-hydrogen) atoms. The number of rotatable bonds is 5. The van der Waals surface area contributed by atoms with Crippen LogP contribution in [0, 0.1) is 12.7 Å². The topological polar surface area (TPSA) is 84.2 Å². The fraction of sp³-hybridized carbons (Fsp3) is 0.263. The van der Waals surface area contributed by atoms with Crippen LogP contribution in [0.2, 0.25) is 0 Å². The zero-order valence-corrected chi connectivity index (χ0v) is 14.5. The van der Waals surface area contributed by atoms with Crippen LogP contribution in [0.5, 0.6) is 0 Å². The average Bonchev–Trinajstić information content (AvgIpc) is 2.56. The van der Waals surface area contributed by atoms with E-state index in [-0.39, 0.29) is 11.5 Å². The van der Waals surface area contributed by atoms with Gasteiger partial charge in [0.25, 0.3) is 11.8 Å². The number of carbonyl (C=O) groups excluding carboxylic acids is 2. The van der Waals surface area contributed by atoms with Crippen LogP contribution >= 0.6 is 0 Å². The van der Waals surface area contributed by atoms with Gasteiger partial charge in [-0.15, -0.1) is 0 Å². The van der Waals surface area contributed by atoms with Crippen LogP contribution in [-0.4, -0.2) is 23.9 Å². The molecule has 0 aliphatic carbocycles. The minimum atomic E-state index is -0.601. The van der Waals surface area contributed by atoms with E-state index >= 15 is 0 Å². The van der Waals surface area contributed by atoms with Gasteiger partial charge in [0, 0.05) is 23.3 Å². The van der Waals surface area contributed by atoms with Gasteiger partial charge in [-0.25, -0.2) is 4.39 Å². The lowest BCUT2D eigenvalue weighted by Gasteiger charge is -2.24. The van der Waals surface area contributed by atoms with Crippen LogP contribution in [0.15, 0.2) is 42.5 Å². The van der Waals surface area contributed by atoms with E-state index in [2.05, 4.69) is 10.6 Å². The highest BCUT2D eigenvalue weighted by Gasteiger charge is 2.20. The summed E-state index contributed by atoms with van der Waals surface area (Å²) in [6, 6.07) is 10.7. The number of hydrogen-bond acceptors (Lipinski definition) is 3. The van der Waals surface area contributed by atoms with Crippen LogP contribution in [-0.2, 0) is 0 Å². The number of nitrogens with one attached hydrogen (secondary N) is 2. The van der Waals surface area contributed by atoms with Gasteiger partial charge in [0.2, 0.25) is 0 Å². The molecule has 4 N–H and O–H groups in total. The molecule has 0 spiro atoms. The minimum absolute atomic E-state index is 0.0546. The SMILES string of the molecule is Cc1ccc(C(=O)NC(C)(C)CN)cc1NC(=O)c1ccccc1F. The average molecular weight is 343 g/mol. The molecule has 2 aromatic carbocycles. The lowest BCUT2D eigenvalue weighted by Crippen LogP contribution is -2.48. The number of anilines is 1. The Balaban J connectivity index is 2.23. The first kappa shape index (κ1) is 18.6. The predicted octanol–water partition coefficient (Wildman–Crippen LogP) is 2.85. The largest absolute Gasteiger partial charge is 0.346 e. The Hall–Kier alpha value is -2.73. The van der Waals surface area contributed by atoms with E-state index < -0.39 is 17.3 Å². The molecule has 0 fully saturated rings. The van der Waals surface area contributed by atoms with Crippen molar-refractivity contribution in [2.45, 2.75) is 26.3 Å². The van der Waals surface area contributed by atoms with E-state index in [9.17, 15) is 14.0 Å². The maximum Gasteiger partial charge on any atom is 0.258 e. The number of amides is 2. The Morgan fingerprint density at radius 3 is 2.44 bits per heavy atom. The fourth-order valence-electron chi connectivity index (χ4n) is 2.16. The Kier molecular flexibility index (Phi) is 5.54. The van der Waals surface area contributed by atoms with Gasteiger partial charge in [-0.2, -0.15) is 0 Å². The Morgan fingerprint density at radius 1 is 1.12 bits per heavy atom. The smallest absolute Gasteiger partial charge is 0.258 e. The second-order valence-corrected chi connectivity index (χ2v) is 6.51. The van der Waals surface area contributed by atoms with Crippen LogP contribution < -0.4 is 16.4 Å². The summed E-state index contributed by atoms with van der Waals surface area (Å²) in [5, 5.41) is 5.48. The molecule has 0 aliphatic heterocycles. The summed E-state index contributed by atoms with van der Waals surface area (Å²) >= 11 is 0. The van der Waals surface area contributed by atoms with Gasteiger partial charge < -0.3 is 16.4 Å². The molecule has 0 bridgehead atoms. The molecular weight excluding hydrogens is 321 g/mol. The summed E-state index contributed by atoms with van der Waals surface area (Å²) in [6.07, 6.45) is 0. The lowest BCUT2D eigenvalue weighted by atomic mass is 10.0. The molecule has 0 unspecified atom stereocenters. The quantitative estimate of drug-likeness (QED) is 0.780. The predicted molar refractivity (Wildman–Crippen MR) is 96.1 cm³/mol. The third-order valence-corrected chi connectivity index (χ3v) is 3.83. The zero-order chi connectivity index (χ0) is 18.6. The van der Waals surface area contributed by atoms with Gasteiger partial charge in [-0.05, 0) is 50.6 Å². The zero-order valence-electron chi connectivity index (χ0n) is 14.5. The highest BCUT2D eigenvalue weighted by Crippen LogP contribution is 2.19. The summed E-state index contributed by atoms with van der Waals surface area (Å²) in [5.74, 6) is -1.46. The summed E-state index contributed by atoms with van der Waals surface area (Å²) < 4.78 is 13.7. The van der Waals surface area contributed by atoms with Crippen LogP contribution in [0.4, 0.5) is 10.1 Å². The number of benzene rings is 2. The number of halogens is 1. The van der Waals surface area contributed by atoms with Crippen molar-refractivity contribution < 1.29 is 14.0 Å². The van der Waals surface area contributed by atoms with Crippen molar-refractivity contribution in [1.82, 2.24) is 5.32 Å². The molecule has 2 amide bonds. The molecular formula is C19H22FN3O2. The van der Waals surface area contributed by atoms with Crippen molar-refractivity contribution in [2.24, 2.45) is 5.73 Å². The van der Waals surface area contributed by atoms with Gasteiger partial charge in [-0.1, -0.05) is 18.2 Å². The van der Waals surface area contributed by atoms with Crippen molar-refractivity contribution in [1.29, 1.82) is 0 Å². The minimum Gasteiger partial charge on any atom is -0.346 e. The van der Waals surface area contributed by atoms with Crippen molar-refractivity contribution in [3.8, 4) is 0 Å². The lowest BCUT2D eigenvalue weighted by molar-refractivity contribution is 0.0914. The number of nitrogens with two attached hydrogens (primary N) is 1. The standard InChI is InChI=1S/C19H22FN3O2/c1-12-8-9-13(17(24)23-19(2,3)11-21)10-16(12)22-18(25)14-6-4-5-7-15(14)20/h4-10H,11,21H2,1-3H3,(H,22,25)(H,23,24). The maximum absolute atomic E-state index is 13.7. The second kappa shape index (κ2) is 7.44. The monoisotopic (exact) mass is 343 g/mol. The van der Waals surface area contributed by atoms with Crippen molar-refractivity contribution in [3.63, 3.8) is 0 Å². The normalized spacial score (nSPS) is 11.1.